The molecule has 1 heterocycles. The molecular weight excluding hydrogens is 315 g/mol. The van der Waals surface area contributed by atoms with Crippen molar-refractivity contribution in [1.29, 1.82) is 5.26 Å². The summed E-state index contributed by atoms with van der Waals surface area (Å²) in [7, 11) is 0. The molecule has 1 aromatic heterocycles. The van der Waals surface area contributed by atoms with Gasteiger partial charge < -0.3 is 16.0 Å². The fourth-order valence-electron chi connectivity index (χ4n) is 2.01. The zero-order valence-electron chi connectivity index (χ0n) is 12.6. The number of amides is 2. The molecule has 0 saturated carbocycles. The highest BCUT2D eigenvalue weighted by Gasteiger charge is 2.10. The first-order chi connectivity index (χ1) is 11.1. The predicted molar refractivity (Wildman–Crippen MR) is 88.9 cm³/mol. The van der Waals surface area contributed by atoms with Gasteiger partial charge in [0.2, 0.25) is 0 Å². The minimum Gasteiger partial charge on any atom is -0.382 e. The number of urea groups is 1. The zero-order chi connectivity index (χ0) is 16.7. The molecule has 2 amide bonds. The Bertz CT molecular complexity index is 697. The Balaban J connectivity index is 1.74. The largest absolute Gasteiger partial charge is 0.382 e. The van der Waals surface area contributed by atoms with Gasteiger partial charge >= 0.3 is 6.03 Å². The Labute approximate surface area is 138 Å². The molecule has 0 aliphatic rings. The number of hydrogen-bond acceptors (Lipinski definition) is 4. The third kappa shape index (κ3) is 4.69. The van der Waals surface area contributed by atoms with Gasteiger partial charge in [-0.2, -0.15) is 5.26 Å². The van der Waals surface area contributed by atoms with E-state index in [1.165, 1.54) is 12.1 Å². The van der Waals surface area contributed by atoms with Gasteiger partial charge in [0.15, 0.2) is 0 Å². The van der Waals surface area contributed by atoms with Gasteiger partial charge in [0, 0.05) is 18.0 Å². The Hall–Kier alpha value is -2.59. The van der Waals surface area contributed by atoms with Gasteiger partial charge in [0.05, 0.1) is 11.7 Å². The summed E-state index contributed by atoms with van der Waals surface area (Å²) >= 11 is 1.58. The van der Waals surface area contributed by atoms with E-state index in [9.17, 15) is 9.18 Å². The lowest BCUT2D eigenvalue weighted by molar-refractivity contribution is 0.238. The Morgan fingerprint density at radius 1 is 1.35 bits per heavy atom. The average Bonchev–Trinajstić information content (AvgIpc) is 3.06. The van der Waals surface area contributed by atoms with Crippen LogP contribution in [0, 0.1) is 17.1 Å². The molecule has 0 bridgehead atoms. The second kappa shape index (κ2) is 8.15. The number of anilines is 1. The van der Waals surface area contributed by atoms with Crippen LogP contribution in [-0.4, -0.2) is 19.1 Å². The number of carbonyl (C=O) groups is 1. The Kier molecular flexibility index (Phi) is 5.94. The summed E-state index contributed by atoms with van der Waals surface area (Å²) in [6.07, 6.45) is 0. The van der Waals surface area contributed by atoms with Gasteiger partial charge in [-0.1, -0.05) is 12.1 Å². The van der Waals surface area contributed by atoms with Crippen LogP contribution in [0.1, 0.15) is 23.4 Å². The van der Waals surface area contributed by atoms with Crippen LogP contribution in [0.2, 0.25) is 0 Å². The third-order valence-electron chi connectivity index (χ3n) is 3.17. The fourth-order valence-corrected chi connectivity index (χ4v) is 2.75. The highest BCUT2D eigenvalue weighted by molar-refractivity contribution is 7.10. The SMILES string of the molecule is CC(NC(=O)NCCNc1cccc(F)c1C#N)c1cccs1. The minimum atomic E-state index is -0.562. The van der Waals surface area contributed by atoms with Crippen molar-refractivity contribution in [1.82, 2.24) is 10.6 Å². The minimum absolute atomic E-state index is 0.0248. The van der Waals surface area contributed by atoms with E-state index in [-0.39, 0.29) is 17.6 Å². The maximum absolute atomic E-state index is 13.4. The quantitative estimate of drug-likeness (QED) is 0.711. The Morgan fingerprint density at radius 3 is 2.87 bits per heavy atom. The van der Waals surface area contributed by atoms with Crippen molar-refractivity contribution in [2.75, 3.05) is 18.4 Å². The van der Waals surface area contributed by atoms with Crippen molar-refractivity contribution in [3.05, 3.63) is 52.0 Å². The molecule has 3 N–H and O–H groups in total. The number of benzene rings is 1. The topological polar surface area (TPSA) is 77.0 Å². The number of carbonyl (C=O) groups excluding carboxylic acids is 1. The van der Waals surface area contributed by atoms with Crippen LogP contribution in [0.4, 0.5) is 14.9 Å². The number of nitriles is 1. The maximum Gasteiger partial charge on any atom is 0.315 e. The smallest absolute Gasteiger partial charge is 0.315 e. The van der Waals surface area contributed by atoms with Gasteiger partial charge in [-0.3, -0.25) is 0 Å². The molecule has 0 spiro atoms. The summed E-state index contributed by atoms with van der Waals surface area (Å²) in [4.78, 5) is 12.9. The van der Waals surface area contributed by atoms with Crippen molar-refractivity contribution in [2.24, 2.45) is 0 Å². The summed E-state index contributed by atoms with van der Waals surface area (Å²) in [6, 6.07) is 9.78. The summed E-state index contributed by atoms with van der Waals surface area (Å²) in [5.41, 5.74) is 0.393. The molecule has 0 saturated heterocycles. The molecular formula is C16H17FN4OS. The van der Waals surface area contributed by atoms with E-state index in [1.807, 2.05) is 30.5 Å². The lowest BCUT2D eigenvalue weighted by atomic mass is 10.2. The van der Waals surface area contributed by atoms with E-state index in [4.69, 9.17) is 5.26 Å². The van der Waals surface area contributed by atoms with E-state index in [1.54, 1.807) is 17.4 Å². The normalized spacial score (nSPS) is 11.3. The van der Waals surface area contributed by atoms with Crippen molar-refractivity contribution in [3.8, 4) is 6.07 Å². The van der Waals surface area contributed by atoms with E-state index in [0.717, 1.165) is 4.88 Å². The highest BCUT2D eigenvalue weighted by atomic mass is 32.1. The van der Waals surface area contributed by atoms with Crippen LogP contribution in [0.3, 0.4) is 0 Å². The lowest BCUT2D eigenvalue weighted by Crippen LogP contribution is -2.39. The molecule has 120 valence electrons. The van der Waals surface area contributed by atoms with E-state index in [0.29, 0.717) is 18.8 Å². The van der Waals surface area contributed by atoms with Gasteiger partial charge in [-0.05, 0) is 30.5 Å². The van der Waals surface area contributed by atoms with Crippen molar-refractivity contribution < 1.29 is 9.18 Å². The first-order valence-corrected chi connectivity index (χ1v) is 8.00. The molecule has 2 rings (SSSR count). The molecule has 7 heteroatoms. The van der Waals surface area contributed by atoms with Crippen LogP contribution in [0.5, 0.6) is 0 Å². The average molecular weight is 332 g/mol. The van der Waals surface area contributed by atoms with Crippen molar-refractivity contribution in [2.45, 2.75) is 13.0 Å². The predicted octanol–water partition coefficient (Wildman–Crippen LogP) is 3.23. The second-order valence-electron chi connectivity index (χ2n) is 4.84. The van der Waals surface area contributed by atoms with Crippen LogP contribution < -0.4 is 16.0 Å². The fraction of sp³-hybridized carbons (Fsp3) is 0.250. The molecule has 23 heavy (non-hydrogen) atoms. The van der Waals surface area contributed by atoms with E-state index < -0.39 is 5.82 Å². The highest BCUT2D eigenvalue weighted by Crippen LogP contribution is 2.18. The number of rotatable bonds is 6. The maximum atomic E-state index is 13.4. The van der Waals surface area contributed by atoms with Gasteiger partial charge in [-0.15, -0.1) is 11.3 Å². The number of thiophene rings is 1. The summed E-state index contributed by atoms with van der Waals surface area (Å²) in [6.45, 7) is 2.65. The summed E-state index contributed by atoms with van der Waals surface area (Å²) in [5.74, 6) is -0.562. The third-order valence-corrected chi connectivity index (χ3v) is 4.22. The van der Waals surface area contributed by atoms with E-state index >= 15 is 0 Å². The monoisotopic (exact) mass is 332 g/mol. The molecule has 0 radical (unpaired) electrons. The molecule has 0 fully saturated rings. The van der Waals surface area contributed by atoms with Crippen LogP contribution in [0.15, 0.2) is 35.7 Å². The van der Waals surface area contributed by atoms with Crippen LogP contribution in [0.25, 0.3) is 0 Å². The summed E-state index contributed by atoms with van der Waals surface area (Å²) < 4.78 is 13.4. The number of nitrogens with one attached hydrogen (secondary N) is 3. The Morgan fingerprint density at radius 2 is 2.17 bits per heavy atom. The lowest BCUT2D eigenvalue weighted by Gasteiger charge is -2.14. The zero-order valence-corrected chi connectivity index (χ0v) is 13.4. The van der Waals surface area contributed by atoms with Crippen molar-refractivity contribution >= 4 is 23.1 Å². The van der Waals surface area contributed by atoms with Gasteiger partial charge in [0.1, 0.15) is 17.4 Å². The molecule has 1 atom stereocenters. The standard InChI is InChI=1S/C16H17FN4OS/c1-11(15-6-3-9-23-15)21-16(22)20-8-7-19-14-5-2-4-13(17)12(14)10-18/h2-6,9,11,19H,7-8H2,1H3,(H2,20,21,22). The number of nitrogens with zero attached hydrogens (tertiary/aromatic N) is 1. The molecule has 1 unspecified atom stereocenters. The van der Waals surface area contributed by atoms with Crippen LogP contribution in [-0.2, 0) is 0 Å². The van der Waals surface area contributed by atoms with E-state index in [2.05, 4.69) is 16.0 Å². The molecule has 5 nitrogen and oxygen atoms in total. The first-order valence-electron chi connectivity index (χ1n) is 7.12. The molecule has 0 aliphatic heterocycles. The summed E-state index contributed by atoms with van der Waals surface area (Å²) in [5, 5.41) is 19.4. The molecule has 0 aliphatic carbocycles. The van der Waals surface area contributed by atoms with Gasteiger partial charge in [-0.25, -0.2) is 9.18 Å². The number of hydrogen-bond donors (Lipinski definition) is 3. The number of halogens is 1. The second-order valence-corrected chi connectivity index (χ2v) is 5.82. The molecule has 2 aromatic rings. The van der Waals surface area contributed by atoms with Gasteiger partial charge in [0.25, 0.3) is 0 Å². The first kappa shape index (κ1) is 16.8. The molecule has 1 aromatic carbocycles. The van der Waals surface area contributed by atoms with Crippen molar-refractivity contribution in [3.63, 3.8) is 0 Å². The van der Waals surface area contributed by atoms with Crippen LogP contribution >= 0.6 is 11.3 Å².